The number of ketones is 2. The Morgan fingerprint density at radius 1 is 0.750 bits per heavy atom. The molecular formula is C12H10O2Si2. The van der Waals surface area contributed by atoms with E-state index in [1.165, 1.54) is 0 Å². The van der Waals surface area contributed by atoms with E-state index >= 15 is 0 Å². The third-order valence-electron chi connectivity index (χ3n) is 2.30. The Balaban J connectivity index is 2.23. The van der Waals surface area contributed by atoms with Crippen LogP contribution in [0.5, 0.6) is 0 Å². The first-order valence-corrected chi connectivity index (χ1v) is 7.62. The molecule has 2 rings (SSSR count). The van der Waals surface area contributed by atoms with Crippen LogP contribution in [0.25, 0.3) is 0 Å². The molecule has 0 atom stereocenters. The average molecular weight is 242 g/mol. The van der Waals surface area contributed by atoms with Gasteiger partial charge in [0.15, 0.2) is 11.6 Å². The minimum atomic E-state index is 0.182. The molecule has 0 fully saturated rings. The first-order valence-electron chi connectivity index (χ1n) is 5.05. The third kappa shape index (κ3) is 2.87. The molecule has 0 amide bonds. The number of allylic oxidation sites excluding steroid dienone is 6. The Kier molecular flexibility index (Phi) is 3.63. The van der Waals surface area contributed by atoms with Gasteiger partial charge in [0.2, 0.25) is 0 Å². The summed E-state index contributed by atoms with van der Waals surface area (Å²) in [6, 6.07) is 1.22. The summed E-state index contributed by atoms with van der Waals surface area (Å²) in [7, 11) is 1.08. The Hall–Kier alpha value is -1.27. The van der Waals surface area contributed by atoms with Crippen LogP contribution in [0.2, 0.25) is 12.1 Å². The summed E-state index contributed by atoms with van der Waals surface area (Å²) in [6.07, 6.45) is 6.99. The van der Waals surface area contributed by atoms with Crippen molar-refractivity contribution in [1.82, 2.24) is 0 Å². The summed E-state index contributed by atoms with van der Waals surface area (Å²) >= 11 is 0. The lowest BCUT2D eigenvalue weighted by Gasteiger charge is -2.00. The van der Waals surface area contributed by atoms with E-state index in [9.17, 15) is 9.59 Å². The van der Waals surface area contributed by atoms with Crippen LogP contribution in [0.3, 0.4) is 0 Å². The fourth-order valence-corrected chi connectivity index (χ4v) is 3.27. The summed E-state index contributed by atoms with van der Waals surface area (Å²) in [5.41, 5.74) is 6.33. The van der Waals surface area contributed by atoms with E-state index in [1.807, 2.05) is 12.2 Å². The van der Waals surface area contributed by atoms with Crippen molar-refractivity contribution in [3.63, 3.8) is 0 Å². The predicted molar refractivity (Wildman–Crippen MR) is 65.6 cm³/mol. The van der Waals surface area contributed by atoms with Crippen molar-refractivity contribution >= 4 is 30.6 Å². The highest BCUT2D eigenvalue weighted by Crippen LogP contribution is 2.17. The molecule has 0 aliphatic carbocycles. The van der Waals surface area contributed by atoms with Crippen molar-refractivity contribution in [2.24, 2.45) is 0 Å². The van der Waals surface area contributed by atoms with E-state index < -0.39 is 0 Å². The van der Waals surface area contributed by atoms with Gasteiger partial charge in [-0.05, 0) is 23.3 Å². The fourth-order valence-electron chi connectivity index (χ4n) is 1.46. The lowest BCUT2D eigenvalue weighted by Crippen LogP contribution is -1.94. The molecule has 0 spiro atoms. The molecule has 2 aliphatic heterocycles. The number of rotatable bonds is 1. The number of hydrogen-bond acceptors (Lipinski definition) is 2. The zero-order chi connectivity index (χ0) is 11.4. The van der Waals surface area contributed by atoms with Crippen LogP contribution >= 0.6 is 0 Å². The van der Waals surface area contributed by atoms with Crippen LogP contribution in [0, 0.1) is 0 Å². The van der Waals surface area contributed by atoms with Crippen LogP contribution < -0.4 is 0 Å². The van der Waals surface area contributed by atoms with Gasteiger partial charge >= 0.3 is 0 Å². The van der Waals surface area contributed by atoms with Gasteiger partial charge in [0.05, 0.1) is 19.0 Å². The molecule has 2 heterocycles. The van der Waals surface area contributed by atoms with Gasteiger partial charge in [-0.1, -0.05) is 23.6 Å². The van der Waals surface area contributed by atoms with Gasteiger partial charge in [0, 0.05) is 12.1 Å². The van der Waals surface area contributed by atoms with Gasteiger partial charge in [-0.2, -0.15) is 0 Å². The number of carbonyl (C=O) groups is 2. The fraction of sp³-hybridized carbons (Fsp3) is 0.167. The maximum Gasteiger partial charge on any atom is 0.152 e. The Morgan fingerprint density at radius 2 is 1.19 bits per heavy atom. The third-order valence-corrected chi connectivity index (χ3v) is 4.43. The molecule has 2 nitrogen and oxygen atoms in total. The topological polar surface area (TPSA) is 34.1 Å². The van der Waals surface area contributed by atoms with E-state index in [-0.39, 0.29) is 11.6 Å². The number of carbonyl (C=O) groups excluding carboxylic acids is 2. The standard InChI is InChI=1S/C12H10O2Si2/c13-11-3-1-9(5-15-7-11)10-2-4-12(14)8-16-6-10/h1-6H,7-8H2. The van der Waals surface area contributed by atoms with Gasteiger partial charge in [-0.15, -0.1) is 0 Å². The van der Waals surface area contributed by atoms with Crippen LogP contribution in [0.15, 0.2) is 46.8 Å². The van der Waals surface area contributed by atoms with E-state index in [0.29, 0.717) is 31.1 Å². The molecule has 4 radical (unpaired) electrons. The van der Waals surface area contributed by atoms with Gasteiger partial charge in [0.1, 0.15) is 0 Å². The SMILES string of the molecule is O=C1C=CC(C2=C[Si]CC(=O)C=C2)=C[Si]C1. The van der Waals surface area contributed by atoms with Crippen molar-refractivity contribution in [2.75, 3.05) is 0 Å². The second-order valence-corrected chi connectivity index (χ2v) is 5.66. The zero-order valence-corrected chi connectivity index (χ0v) is 10.7. The maximum atomic E-state index is 11.2. The van der Waals surface area contributed by atoms with E-state index in [1.54, 1.807) is 12.2 Å². The molecular weight excluding hydrogens is 232 g/mol. The highest BCUT2D eigenvalue weighted by Gasteiger charge is 2.08. The molecule has 0 bridgehead atoms. The van der Waals surface area contributed by atoms with Gasteiger partial charge in [0.25, 0.3) is 0 Å². The molecule has 0 aromatic carbocycles. The van der Waals surface area contributed by atoms with Crippen molar-refractivity contribution in [3.05, 3.63) is 46.8 Å². The van der Waals surface area contributed by atoms with Crippen molar-refractivity contribution in [3.8, 4) is 0 Å². The molecule has 0 N–H and O–H groups in total. The minimum absolute atomic E-state index is 0.182. The second-order valence-electron chi connectivity index (χ2n) is 3.56. The molecule has 78 valence electrons. The van der Waals surface area contributed by atoms with Crippen LogP contribution in [0.4, 0.5) is 0 Å². The largest absolute Gasteiger partial charge is 0.295 e. The molecule has 2 aliphatic rings. The summed E-state index contributed by atoms with van der Waals surface area (Å²) in [5, 5.41) is 0. The molecule has 16 heavy (non-hydrogen) atoms. The van der Waals surface area contributed by atoms with Crippen LogP contribution in [0.1, 0.15) is 0 Å². The van der Waals surface area contributed by atoms with Gasteiger partial charge in [-0.25, -0.2) is 0 Å². The molecule has 0 saturated carbocycles. The highest BCUT2D eigenvalue weighted by atomic mass is 28.2. The Labute approximate surface area is 99.5 Å². The van der Waals surface area contributed by atoms with Crippen molar-refractivity contribution < 1.29 is 9.59 Å². The molecule has 0 saturated heterocycles. The summed E-state index contributed by atoms with van der Waals surface area (Å²) in [6.45, 7) is 0. The minimum Gasteiger partial charge on any atom is -0.295 e. The zero-order valence-electron chi connectivity index (χ0n) is 8.69. The lowest BCUT2D eigenvalue weighted by molar-refractivity contribution is -0.113. The van der Waals surface area contributed by atoms with E-state index in [0.717, 1.165) is 11.1 Å². The first kappa shape index (κ1) is 11.2. The Bertz CT molecular complexity index is 400. The van der Waals surface area contributed by atoms with Gasteiger partial charge < -0.3 is 0 Å². The molecule has 4 heteroatoms. The normalized spacial score (nSPS) is 21.2. The monoisotopic (exact) mass is 242 g/mol. The van der Waals surface area contributed by atoms with Gasteiger partial charge in [-0.3, -0.25) is 9.59 Å². The Morgan fingerprint density at radius 3 is 1.62 bits per heavy atom. The highest BCUT2D eigenvalue weighted by molar-refractivity contribution is 6.50. The lowest BCUT2D eigenvalue weighted by atomic mass is 10.1. The number of hydrogen-bond donors (Lipinski definition) is 0. The quantitative estimate of drug-likeness (QED) is 0.649. The second kappa shape index (κ2) is 5.18. The smallest absolute Gasteiger partial charge is 0.152 e. The van der Waals surface area contributed by atoms with E-state index in [4.69, 9.17) is 0 Å². The molecule has 0 aromatic heterocycles. The average Bonchev–Trinajstić information content (AvgIpc) is 2.59. The van der Waals surface area contributed by atoms with Crippen LogP contribution in [-0.4, -0.2) is 30.6 Å². The predicted octanol–water partition coefficient (Wildman–Crippen LogP) is 1.28. The maximum absolute atomic E-state index is 11.2. The summed E-state index contributed by atoms with van der Waals surface area (Å²) in [4.78, 5) is 22.5. The summed E-state index contributed by atoms with van der Waals surface area (Å²) in [5.74, 6) is 0.364. The molecule has 0 unspecified atom stereocenters. The first-order chi connectivity index (χ1) is 7.75. The van der Waals surface area contributed by atoms with Crippen molar-refractivity contribution in [2.45, 2.75) is 12.1 Å². The van der Waals surface area contributed by atoms with Crippen molar-refractivity contribution in [1.29, 1.82) is 0 Å². The van der Waals surface area contributed by atoms with Crippen LogP contribution in [-0.2, 0) is 9.59 Å². The van der Waals surface area contributed by atoms with E-state index in [2.05, 4.69) is 11.4 Å². The summed E-state index contributed by atoms with van der Waals surface area (Å²) < 4.78 is 0. The molecule has 0 aromatic rings.